The highest BCUT2D eigenvalue weighted by Crippen LogP contribution is 2.27. The van der Waals surface area contributed by atoms with Crippen molar-refractivity contribution in [3.8, 4) is 22.9 Å². The van der Waals surface area contributed by atoms with Crippen molar-refractivity contribution < 1.29 is 0 Å². The number of nitriles is 1. The van der Waals surface area contributed by atoms with Crippen molar-refractivity contribution in [3.05, 3.63) is 71.0 Å². The van der Waals surface area contributed by atoms with Gasteiger partial charge in [-0.15, -0.1) is 0 Å². The minimum Gasteiger partial charge on any atom is -0.346 e. The molecule has 0 aliphatic heterocycles. The Labute approximate surface area is 137 Å². The van der Waals surface area contributed by atoms with Gasteiger partial charge in [0.05, 0.1) is 17.8 Å². The van der Waals surface area contributed by atoms with Gasteiger partial charge in [-0.3, -0.25) is 14.5 Å². The van der Waals surface area contributed by atoms with Gasteiger partial charge in [-0.2, -0.15) is 10.4 Å². The number of aryl methyl sites for hydroxylation is 1. The number of H-pyrrole nitrogens is 1. The van der Waals surface area contributed by atoms with Gasteiger partial charge >= 0.3 is 0 Å². The Bertz CT molecular complexity index is 1130. The predicted octanol–water partition coefficient (Wildman–Crippen LogP) is 2.59. The molecule has 0 bridgehead atoms. The van der Waals surface area contributed by atoms with Crippen LogP contribution >= 0.6 is 0 Å². The summed E-state index contributed by atoms with van der Waals surface area (Å²) in [4.78, 5) is 12.9. The lowest BCUT2D eigenvalue weighted by Crippen LogP contribution is -2.20. The molecule has 0 fully saturated rings. The van der Waals surface area contributed by atoms with Crippen molar-refractivity contribution in [1.82, 2.24) is 19.3 Å². The van der Waals surface area contributed by atoms with Crippen LogP contribution in [0.3, 0.4) is 0 Å². The Hall–Kier alpha value is -3.59. The summed E-state index contributed by atoms with van der Waals surface area (Å²) in [6, 6.07) is 11.0. The number of benzene rings is 1. The standard InChI is InChI=1S/C18H13N5O/c1-22-7-6-15-16(13-9-20-21-10-13)11-23(18(24)17(15)22)14-4-2-12(8-19)3-5-14/h2-7,9-11H,1H3,(H,20,21). The average Bonchev–Trinajstić information content (AvgIpc) is 3.26. The molecule has 6 heteroatoms. The van der Waals surface area contributed by atoms with E-state index in [2.05, 4.69) is 16.3 Å². The highest BCUT2D eigenvalue weighted by Gasteiger charge is 2.14. The van der Waals surface area contributed by atoms with Gasteiger partial charge in [0, 0.05) is 47.8 Å². The van der Waals surface area contributed by atoms with Crippen molar-refractivity contribution in [2.24, 2.45) is 7.05 Å². The molecular weight excluding hydrogens is 302 g/mol. The predicted molar refractivity (Wildman–Crippen MR) is 90.8 cm³/mol. The fourth-order valence-corrected chi connectivity index (χ4v) is 2.90. The third-order valence-electron chi connectivity index (χ3n) is 4.13. The molecule has 1 N–H and O–H groups in total. The van der Waals surface area contributed by atoms with Gasteiger partial charge in [0.2, 0.25) is 0 Å². The number of nitrogens with one attached hydrogen (secondary N) is 1. The topological polar surface area (TPSA) is 79.4 Å². The zero-order chi connectivity index (χ0) is 16.7. The fraction of sp³-hybridized carbons (Fsp3) is 0.0556. The molecule has 0 radical (unpaired) electrons. The largest absolute Gasteiger partial charge is 0.346 e. The number of rotatable bonds is 2. The van der Waals surface area contributed by atoms with E-state index in [1.807, 2.05) is 30.1 Å². The van der Waals surface area contributed by atoms with Crippen molar-refractivity contribution in [1.29, 1.82) is 5.26 Å². The quantitative estimate of drug-likeness (QED) is 0.617. The third-order valence-corrected chi connectivity index (χ3v) is 4.13. The fourth-order valence-electron chi connectivity index (χ4n) is 2.90. The number of hydrogen-bond donors (Lipinski definition) is 1. The molecule has 3 aromatic heterocycles. The van der Waals surface area contributed by atoms with Crippen LogP contribution in [0, 0.1) is 11.3 Å². The normalized spacial score (nSPS) is 10.8. The molecule has 24 heavy (non-hydrogen) atoms. The second-order valence-corrected chi connectivity index (χ2v) is 5.55. The van der Waals surface area contributed by atoms with Crippen molar-refractivity contribution in [3.63, 3.8) is 0 Å². The first kappa shape index (κ1) is 14.0. The summed E-state index contributed by atoms with van der Waals surface area (Å²) in [6.45, 7) is 0. The second kappa shape index (κ2) is 5.25. The molecule has 0 unspecified atom stereocenters. The molecule has 0 spiro atoms. The maximum Gasteiger partial charge on any atom is 0.279 e. The van der Waals surface area contributed by atoms with Crippen LogP contribution in [0.25, 0.3) is 27.7 Å². The molecular formula is C18H13N5O. The van der Waals surface area contributed by atoms with Gasteiger partial charge in [0.1, 0.15) is 5.52 Å². The van der Waals surface area contributed by atoms with Crippen LogP contribution in [0.1, 0.15) is 5.56 Å². The molecule has 0 saturated carbocycles. The Morgan fingerprint density at radius 1 is 1.21 bits per heavy atom. The van der Waals surface area contributed by atoms with E-state index in [9.17, 15) is 4.79 Å². The molecule has 4 aromatic rings. The summed E-state index contributed by atoms with van der Waals surface area (Å²) in [5.41, 5.74) is 3.62. The summed E-state index contributed by atoms with van der Waals surface area (Å²) in [6.07, 6.45) is 7.22. The number of aromatic amines is 1. The van der Waals surface area contributed by atoms with Crippen LogP contribution in [-0.2, 0) is 7.05 Å². The first-order chi connectivity index (χ1) is 11.7. The number of hydrogen-bond acceptors (Lipinski definition) is 3. The molecule has 0 aliphatic carbocycles. The van der Waals surface area contributed by atoms with Gasteiger partial charge in [-0.05, 0) is 30.3 Å². The number of pyridine rings is 1. The van der Waals surface area contributed by atoms with Crippen LogP contribution in [0.15, 0.2) is 59.9 Å². The molecule has 0 aliphatic rings. The molecule has 0 atom stereocenters. The SMILES string of the molecule is Cn1ccc2c(-c3cn[nH]c3)cn(-c3ccc(C#N)cc3)c(=O)c21. The van der Waals surface area contributed by atoms with Crippen LogP contribution in [-0.4, -0.2) is 19.3 Å². The minimum absolute atomic E-state index is 0.102. The van der Waals surface area contributed by atoms with Crippen LogP contribution < -0.4 is 5.56 Å². The molecule has 0 saturated heterocycles. The Morgan fingerprint density at radius 3 is 2.67 bits per heavy atom. The Morgan fingerprint density at radius 2 is 2.00 bits per heavy atom. The van der Waals surface area contributed by atoms with Crippen LogP contribution in [0.4, 0.5) is 0 Å². The molecule has 6 nitrogen and oxygen atoms in total. The summed E-state index contributed by atoms with van der Waals surface area (Å²) in [5.74, 6) is 0. The number of fused-ring (bicyclic) bond motifs is 1. The maximum absolute atomic E-state index is 12.9. The summed E-state index contributed by atoms with van der Waals surface area (Å²) in [7, 11) is 1.85. The van der Waals surface area contributed by atoms with Crippen LogP contribution in [0.2, 0.25) is 0 Å². The Balaban J connectivity index is 2.05. The molecule has 1 aromatic carbocycles. The summed E-state index contributed by atoms with van der Waals surface area (Å²) < 4.78 is 3.42. The zero-order valence-electron chi connectivity index (χ0n) is 12.9. The molecule has 4 rings (SSSR count). The highest BCUT2D eigenvalue weighted by molar-refractivity contribution is 5.94. The smallest absolute Gasteiger partial charge is 0.279 e. The minimum atomic E-state index is -0.102. The second-order valence-electron chi connectivity index (χ2n) is 5.55. The van der Waals surface area contributed by atoms with E-state index in [4.69, 9.17) is 5.26 Å². The van der Waals surface area contributed by atoms with E-state index in [0.29, 0.717) is 16.8 Å². The van der Waals surface area contributed by atoms with E-state index in [-0.39, 0.29) is 5.56 Å². The van der Waals surface area contributed by atoms with E-state index in [1.54, 1.807) is 41.2 Å². The Kier molecular flexibility index (Phi) is 3.07. The summed E-state index contributed by atoms with van der Waals surface area (Å²) >= 11 is 0. The van der Waals surface area contributed by atoms with Crippen molar-refractivity contribution in [2.45, 2.75) is 0 Å². The van der Waals surface area contributed by atoms with E-state index >= 15 is 0 Å². The van der Waals surface area contributed by atoms with Gasteiger partial charge < -0.3 is 4.57 Å². The zero-order valence-corrected chi connectivity index (χ0v) is 12.9. The monoisotopic (exact) mass is 315 g/mol. The van der Waals surface area contributed by atoms with Gasteiger partial charge in [-0.25, -0.2) is 0 Å². The first-order valence-electron chi connectivity index (χ1n) is 7.39. The third kappa shape index (κ3) is 2.03. The lowest BCUT2D eigenvalue weighted by molar-refractivity contribution is 0.931. The van der Waals surface area contributed by atoms with E-state index in [1.165, 1.54) is 0 Å². The van der Waals surface area contributed by atoms with Crippen LogP contribution in [0.5, 0.6) is 0 Å². The lowest BCUT2D eigenvalue weighted by atomic mass is 10.1. The first-order valence-corrected chi connectivity index (χ1v) is 7.39. The van der Waals surface area contributed by atoms with Crippen molar-refractivity contribution >= 4 is 10.9 Å². The highest BCUT2D eigenvalue weighted by atomic mass is 16.1. The van der Waals surface area contributed by atoms with E-state index < -0.39 is 0 Å². The maximum atomic E-state index is 12.9. The van der Waals surface area contributed by atoms with Gasteiger partial charge in [0.15, 0.2) is 0 Å². The lowest BCUT2D eigenvalue weighted by Gasteiger charge is -2.10. The number of nitrogens with zero attached hydrogens (tertiary/aromatic N) is 4. The molecule has 3 heterocycles. The van der Waals surface area contributed by atoms with E-state index in [0.717, 1.165) is 16.5 Å². The van der Waals surface area contributed by atoms with Gasteiger partial charge in [-0.1, -0.05) is 0 Å². The molecule has 116 valence electrons. The van der Waals surface area contributed by atoms with Gasteiger partial charge in [0.25, 0.3) is 5.56 Å². The number of aromatic nitrogens is 4. The average molecular weight is 315 g/mol. The van der Waals surface area contributed by atoms with Crippen molar-refractivity contribution in [2.75, 3.05) is 0 Å². The molecule has 0 amide bonds. The summed E-state index contributed by atoms with van der Waals surface area (Å²) in [5, 5.41) is 16.6.